The molecule has 0 spiro atoms. The molecule has 0 bridgehead atoms. The summed E-state index contributed by atoms with van der Waals surface area (Å²) in [6.45, 7) is 0. The van der Waals surface area contributed by atoms with Crippen molar-refractivity contribution in [3.63, 3.8) is 0 Å². The van der Waals surface area contributed by atoms with E-state index in [1.165, 1.54) is 11.4 Å². The quantitative estimate of drug-likeness (QED) is 0.584. The Hall–Kier alpha value is -0.720. The molecule has 0 aliphatic rings. The van der Waals surface area contributed by atoms with Crippen molar-refractivity contribution < 1.29 is 17.8 Å². The maximum absolute atomic E-state index is 10.6. The maximum atomic E-state index is 10.6. The third-order valence-corrected chi connectivity index (χ3v) is 3.64. The fourth-order valence-corrected chi connectivity index (χ4v) is 2.58. The fourth-order valence-electron chi connectivity index (χ4n) is 0.789. The molecule has 1 aromatic rings. The molecule has 1 heterocycles. The maximum Gasteiger partial charge on any atom is 0.304 e. The van der Waals surface area contributed by atoms with E-state index in [4.69, 9.17) is 4.55 Å². The molecule has 0 saturated carbocycles. The number of aldehydes is 1. The van der Waals surface area contributed by atoms with Gasteiger partial charge in [-0.3, -0.25) is 4.55 Å². The lowest BCUT2D eigenvalue weighted by Gasteiger charge is -1.94. The third-order valence-electron chi connectivity index (χ3n) is 1.24. The van der Waals surface area contributed by atoms with Crippen molar-refractivity contribution in [2.24, 2.45) is 0 Å². The van der Waals surface area contributed by atoms with E-state index in [0.717, 1.165) is 11.3 Å². The van der Waals surface area contributed by atoms with Gasteiger partial charge in [0.05, 0.1) is 0 Å². The van der Waals surface area contributed by atoms with E-state index in [2.05, 4.69) is 0 Å². The van der Waals surface area contributed by atoms with E-state index < -0.39 is 10.1 Å². The van der Waals surface area contributed by atoms with Gasteiger partial charge in [0.1, 0.15) is 10.5 Å². The average Bonchev–Trinajstić information content (AvgIpc) is 2.34. The van der Waals surface area contributed by atoms with Crippen LogP contribution in [-0.2, 0) is 21.3 Å². The highest BCUT2D eigenvalue weighted by atomic mass is 32.3. The smallest absolute Gasteiger partial charge is 0.303 e. The van der Waals surface area contributed by atoms with Gasteiger partial charge in [-0.05, 0) is 17.0 Å². The number of carbonyl (C=O) groups excluding carboxylic acids is 1. The molecule has 1 rings (SSSR count). The summed E-state index contributed by atoms with van der Waals surface area (Å²) in [5.41, 5.74) is 0.345. The largest absolute Gasteiger partial charge is 0.304 e. The molecule has 0 saturated heterocycles. The van der Waals surface area contributed by atoms with Gasteiger partial charge in [-0.25, -0.2) is 0 Å². The first-order valence-corrected chi connectivity index (χ1v) is 5.35. The first-order valence-electron chi connectivity index (χ1n) is 3.03. The molecule has 1 aromatic heterocycles. The predicted octanol–water partition coefficient (Wildman–Crippen LogP) is 0.736. The molecule has 4 nitrogen and oxygen atoms in total. The van der Waals surface area contributed by atoms with Gasteiger partial charge >= 0.3 is 10.1 Å². The minimum absolute atomic E-state index is 0.0125. The monoisotopic (exact) mass is 206 g/mol. The van der Waals surface area contributed by atoms with Gasteiger partial charge in [0.25, 0.3) is 0 Å². The summed E-state index contributed by atoms with van der Waals surface area (Å²) in [6, 6.07) is 1.50. The number of thiophene rings is 1. The van der Waals surface area contributed by atoms with E-state index in [1.54, 1.807) is 0 Å². The molecule has 0 amide bonds. The average molecular weight is 206 g/mol. The number of hydrogen-bond donors (Lipinski definition) is 1. The minimum Gasteiger partial charge on any atom is -0.303 e. The molecule has 0 aliphatic heterocycles. The highest BCUT2D eigenvalue weighted by molar-refractivity contribution is 7.88. The topological polar surface area (TPSA) is 71.4 Å². The molecule has 0 aromatic carbocycles. The van der Waals surface area contributed by atoms with Crippen LogP contribution < -0.4 is 0 Å². The molecule has 0 unspecified atom stereocenters. The molecule has 1 N–H and O–H groups in total. The molecule has 0 radical (unpaired) electrons. The van der Waals surface area contributed by atoms with E-state index in [9.17, 15) is 13.2 Å². The highest BCUT2D eigenvalue weighted by Gasteiger charge is 2.15. The Bertz CT molecular complexity index is 376. The Labute approximate surface area is 73.6 Å². The lowest BCUT2D eigenvalue weighted by molar-refractivity contribution is -0.107. The summed E-state index contributed by atoms with van der Waals surface area (Å²) in [7, 11) is -4.15. The molecule has 0 fully saturated rings. The summed E-state index contributed by atoms with van der Waals surface area (Å²) < 4.78 is 29.8. The molecular formula is C6H6O4S2. The van der Waals surface area contributed by atoms with Crippen LogP contribution >= 0.6 is 11.3 Å². The van der Waals surface area contributed by atoms with Gasteiger partial charge in [-0.15, -0.1) is 11.3 Å². The predicted molar refractivity (Wildman–Crippen MR) is 43.9 cm³/mol. The van der Waals surface area contributed by atoms with Gasteiger partial charge in [-0.2, -0.15) is 8.42 Å². The van der Waals surface area contributed by atoms with Crippen LogP contribution in [0.5, 0.6) is 0 Å². The lowest BCUT2D eigenvalue weighted by atomic mass is 10.3. The van der Waals surface area contributed by atoms with Crippen molar-refractivity contribution in [3.8, 4) is 0 Å². The Kier molecular flexibility index (Phi) is 2.61. The molecule has 0 aliphatic carbocycles. The fraction of sp³-hybridized carbons (Fsp3) is 0.167. The standard InChI is InChI=1S/C6H6O4S2/c7-3-1-5-2-4-11-6(5)12(8,9)10/h2-4H,1H2,(H,8,9,10). The van der Waals surface area contributed by atoms with Crippen molar-refractivity contribution >= 4 is 27.7 Å². The number of carbonyl (C=O) groups is 1. The van der Waals surface area contributed by atoms with E-state index in [0.29, 0.717) is 11.8 Å². The zero-order valence-corrected chi connectivity index (χ0v) is 7.56. The highest BCUT2D eigenvalue weighted by Crippen LogP contribution is 2.21. The molecule has 66 valence electrons. The second-order valence-electron chi connectivity index (χ2n) is 2.08. The van der Waals surface area contributed by atoms with Crippen molar-refractivity contribution in [1.29, 1.82) is 0 Å². The van der Waals surface area contributed by atoms with E-state index >= 15 is 0 Å². The normalized spacial score (nSPS) is 11.4. The van der Waals surface area contributed by atoms with Gasteiger partial charge in [0, 0.05) is 6.42 Å². The molecular weight excluding hydrogens is 200 g/mol. The molecule has 12 heavy (non-hydrogen) atoms. The zero-order valence-electron chi connectivity index (χ0n) is 5.93. The van der Waals surface area contributed by atoms with Gasteiger partial charge in [0.15, 0.2) is 0 Å². The summed E-state index contributed by atoms with van der Waals surface area (Å²) >= 11 is 0.900. The van der Waals surface area contributed by atoms with Gasteiger partial charge < -0.3 is 4.79 Å². The minimum atomic E-state index is -4.15. The number of rotatable bonds is 3. The van der Waals surface area contributed by atoms with E-state index in [-0.39, 0.29) is 10.6 Å². The van der Waals surface area contributed by atoms with Gasteiger partial charge in [0.2, 0.25) is 0 Å². The van der Waals surface area contributed by atoms with Crippen LogP contribution in [0.1, 0.15) is 5.56 Å². The lowest BCUT2D eigenvalue weighted by Crippen LogP contribution is -1.99. The molecule has 0 atom stereocenters. The Morgan fingerprint density at radius 3 is 2.75 bits per heavy atom. The van der Waals surface area contributed by atoms with Crippen molar-refractivity contribution in [3.05, 3.63) is 17.0 Å². The van der Waals surface area contributed by atoms with E-state index in [1.807, 2.05) is 0 Å². The van der Waals surface area contributed by atoms with Crippen molar-refractivity contribution in [1.82, 2.24) is 0 Å². The first kappa shape index (κ1) is 9.37. The Balaban J connectivity index is 3.16. The molecule has 6 heteroatoms. The summed E-state index contributed by atoms with van der Waals surface area (Å²) in [5.74, 6) is 0. The van der Waals surface area contributed by atoms with Crippen LogP contribution in [0, 0.1) is 0 Å². The Morgan fingerprint density at radius 2 is 2.25 bits per heavy atom. The zero-order chi connectivity index (χ0) is 9.19. The van der Waals surface area contributed by atoms with Crippen molar-refractivity contribution in [2.75, 3.05) is 0 Å². The SMILES string of the molecule is O=CCc1ccsc1S(=O)(=O)O. The van der Waals surface area contributed by atoms with Crippen LogP contribution in [0.2, 0.25) is 0 Å². The summed E-state index contributed by atoms with van der Waals surface area (Å²) in [4.78, 5) is 10.1. The van der Waals surface area contributed by atoms with Crippen molar-refractivity contribution in [2.45, 2.75) is 10.6 Å². The Morgan fingerprint density at radius 1 is 1.58 bits per heavy atom. The van der Waals surface area contributed by atoms with Crippen LogP contribution in [-0.4, -0.2) is 19.3 Å². The van der Waals surface area contributed by atoms with Crippen LogP contribution in [0.3, 0.4) is 0 Å². The second-order valence-corrected chi connectivity index (χ2v) is 4.61. The van der Waals surface area contributed by atoms with Crippen LogP contribution in [0.15, 0.2) is 15.7 Å². The number of hydrogen-bond acceptors (Lipinski definition) is 4. The van der Waals surface area contributed by atoms with Gasteiger partial charge in [-0.1, -0.05) is 0 Å². The second kappa shape index (κ2) is 3.34. The first-order chi connectivity index (χ1) is 5.55. The third kappa shape index (κ3) is 1.90. The van der Waals surface area contributed by atoms with Crippen LogP contribution in [0.25, 0.3) is 0 Å². The summed E-state index contributed by atoms with van der Waals surface area (Å²) in [5, 5.41) is 1.52. The van der Waals surface area contributed by atoms with Crippen LogP contribution in [0.4, 0.5) is 0 Å². The summed E-state index contributed by atoms with van der Waals surface area (Å²) in [6.07, 6.45) is 0.607.